The van der Waals surface area contributed by atoms with E-state index in [4.69, 9.17) is 27.5 Å². The molecule has 0 radical (unpaired) electrons. The van der Waals surface area contributed by atoms with Gasteiger partial charge in [-0.2, -0.15) is 0 Å². The lowest BCUT2D eigenvalue weighted by molar-refractivity contribution is 0.254. The molecule has 0 bridgehead atoms. The molecule has 94 valence electrons. The van der Waals surface area contributed by atoms with Crippen LogP contribution in [0.25, 0.3) is 0 Å². The maximum absolute atomic E-state index is 10.0. The van der Waals surface area contributed by atoms with Gasteiger partial charge in [0.2, 0.25) is 0 Å². The van der Waals surface area contributed by atoms with E-state index in [1.807, 2.05) is 0 Å². The monoisotopic (exact) mass is 276 g/mol. The fourth-order valence-corrected chi connectivity index (χ4v) is 1.65. The Morgan fingerprint density at radius 3 is 2.53 bits per heavy atom. The summed E-state index contributed by atoms with van der Waals surface area (Å²) in [5.41, 5.74) is 4.80. The number of nitrogens with two attached hydrogens (primary N) is 1. The minimum absolute atomic E-state index is 0.0190. The second-order valence-electron chi connectivity index (χ2n) is 3.42. The molecule has 1 aliphatic rings. The number of amides is 2. The van der Waals surface area contributed by atoms with Gasteiger partial charge in [0.15, 0.2) is 0 Å². The molecule has 1 saturated carbocycles. The lowest BCUT2D eigenvalue weighted by Gasteiger charge is -1.94. The van der Waals surface area contributed by atoms with Crippen LogP contribution in [0.3, 0.4) is 0 Å². The molecule has 2 amide bonds. The van der Waals surface area contributed by atoms with Gasteiger partial charge in [0.1, 0.15) is 11.5 Å². The molecule has 0 atom stereocenters. The maximum Gasteiger partial charge on any atom is 0.322 e. The molecule has 1 fully saturated rings. The molecule has 0 saturated heterocycles. The van der Waals surface area contributed by atoms with Crippen LogP contribution in [0.5, 0.6) is 11.5 Å². The number of carbonyl (C=O) groups is 1. The van der Waals surface area contributed by atoms with Crippen LogP contribution in [0.15, 0.2) is 18.2 Å². The summed E-state index contributed by atoms with van der Waals surface area (Å²) >= 11 is 6.83. The first-order valence-corrected chi connectivity index (χ1v) is 6.13. The first-order valence-electron chi connectivity index (χ1n) is 4.87. The van der Waals surface area contributed by atoms with Gasteiger partial charge in [-0.25, -0.2) is 4.79 Å². The molecule has 17 heavy (non-hydrogen) atoms. The van der Waals surface area contributed by atoms with E-state index < -0.39 is 6.03 Å². The molecule has 1 aliphatic carbocycles. The average molecular weight is 277 g/mol. The molecule has 1 aromatic rings. The second-order valence-corrected chi connectivity index (χ2v) is 4.93. The summed E-state index contributed by atoms with van der Waals surface area (Å²) in [5.74, 6) is 0.0345. The molecular formula is C10H13ClN2O3S. The summed E-state index contributed by atoms with van der Waals surface area (Å²) in [6.07, 6.45) is 2.43. The SMILES string of the molecule is NC(=O)NSC1CC1.Oc1ccc(O)c(Cl)c1. The van der Waals surface area contributed by atoms with Gasteiger partial charge in [-0.3, -0.25) is 4.72 Å². The molecule has 2 rings (SSSR count). The highest BCUT2D eigenvalue weighted by Gasteiger charge is 2.22. The number of rotatable bonds is 2. The highest BCUT2D eigenvalue weighted by molar-refractivity contribution is 7.98. The summed E-state index contributed by atoms with van der Waals surface area (Å²) in [6.45, 7) is 0. The minimum Gasteiger partial charge on any atom is -0.508 e. The zero-order chi connectivity index (χ0) is 12.8. The van der Waals surface area contributed by atoms with Crippen LogP contribution < -0.4 is 10.5 Å². The van der Waals surface area contributed by atoms with Gasteiger partial charge in [-0.15, -0.1) is 0 Å². The normalized spacial score (nSPS) is 13.5. The molecule has 7 heteroatoms. The topological polar surface area (TPSA) is 95.6 Å². The smallest absolute Gasteiger partial charge is 0.322 e. The molecule has 5 nitrogen and oxygen atoms in total. The fourth-order valence-electron chi connectivity index (χ4n) is 0.823. The van der Waals surface area contributed by atoms with Crippen molar-refractivity contribution < 1.29 is 15.0 Å². The largest absolute Gasteiger partial charge is 0.508 e. The zero-order valence-corrected chi connectivity index (χ0v) is 10.5. The van der Waals surface area contributed by atoms with Gasteiger partial charge < -0.3 is 15.9 Å². The van der Waals surface area contributed by atoms with Gasteiger partial charge in [0.05, 0.1) is 5.02 Å². The third-order valence-electron chi connectivity index (χ3n) is 1.78. The number of hydrogen-bond donors (Lipinski definition) is 4. The van der Waals surface area contributed by atoms with E-state index in [1.165, 1.54) is 43.0 Å². The molecule has 5 N–H and O–H groups in total. The van der Waals surface area contributed by atoms with Gasteiger partial charge >= 0.3 is 6.03 Å². The molecule has 0 unspecified atom stereocenters. The van der Waals surface area contributed by atoms with Gasteiger partial charge in [-0.05, 0) is 36.9 Å². The number of primary amides is 1. The van der Waals surface area contributed by atoms with Crippen molar-refractivity contribution in [3.63, 3.8) is 0 Å². The van der Waals surface area contributed by atoms with Crippen LogP contribution in [-0.2, 0) is 0 Å². The number of urea groups is 1. The van der Waals surface area contributed by atoms with Crippen LogP contribution in [0.4, 0.5) is 4.79 Å². The van der Waals surface area contributed by atoms with E-state index in [-0.39, 0.29) is 16.5 Å². The minimum atomic E-state index is -0.443. The second kappa shape index (κ2) is 6.46. The Bertz CT molecular complexity index is 399. The molecule has 0 aromatic heterocycles. The lowest BCUT2D eigenvalue weighted by atomic mass is 10.3. The Morgan fingerprint density at radius 2 is 2.12 bits per heavy atom. The predicted molar refractivity (Wildman–Crippen MR) is 68.1 cm³/mol. The van der Waals surface area contributed by atoms with Crippen LogP contribution in [0, 0.1) is 0 Å². The van der Waals surface area contributed by atoms with Crippen molar-refractivity contribution in [3.8, 4) is 11.5 Å². The Morgan fingerprint density at radius 1 is 1.47 bits per heavy atom. The van der Waals surface area contributed by atoms with Crippen molar-refractivity contribution in [1.29, 1.82) is 0 Å². The first kappa shape index (κ1) is 13.8. The van der Waals surface area contributed by atoms with E-state index in [1.54, 1.807) is 0 Å². The van der Waals surface area contributed by atoms with Crippen LogP contribution >= 0.6 is 23.5 Å². The van der Waals surface area contributed by atoms with Crippen molar-refractivity contribution in [2.75, 3.05) is 0 Å². The summed E-state index contributed by atoms with van der Waals surface area (Å²) in [7, 11) is 0. The summed E-state index contributed by atoms with van der Waals surface area (Å²) in [4.78, 5) is 10.0. The summed E-state index contributed by atoms with van der Waals surface area (Å²) in [5, 5.41) is 18.3. The first-order chi connectivity index (χ1) is 7.99. The van der Waals surface area contributed by atoms with E-state index >= 15 is 0 Å². The number of phenolic OH excluding ortho intramolecular Hbond substituents is 2. The van der Waals surface area contributed by atoms with Crippen molar-refractivity contribution in [1.82, 2.24) is 4.72 Å². The summed E-state index contributed by atoms with van der Waals surface area (Å²) < 4.78 is 2.46. The van der Waals surface area contributed by atoms with Gasteiger partial charge in [0, 0.05) is 11.3 Å². The number of nitrogens with one attached hydrogen (secondary N) is 1. The Balaban J connectivity index is 0.000000171. The van der Waals surface area contributed by atoms with Gasteiger partial charge in [-0.1, -0.05) is 11.6 Å². The maximum atomic E-state index is 10.0. The Kier molecular flexibility index (Phi) is 5.24. The van der Waals surface area contributed by atoms with Crippen molar-refractivity contribution in [2.45, 2.75) is 18.1 Å². The number of benzene rings is 1. The van der Waals surface area contributed by atoms with E-state index in [0.717, 1.165) is 0 Å². The summed E-state index contributed by atoms with van der Waals surface area (Å²) in [6, 6.07) is 3.53. The lowest BCUT2D eigenvalue weighted by Crippen LogP contribution is -2.23. The van der Waals surface area contributed by atoms with Crippen LogP contribution in [-0.4, -0.2) is 21.5 Å². The van der Waals surface area contributed by atoms with Crippen molar-refractivity contribution >= 4 is 29.6 Å². The zero-order valence-electron chi connectivity index (χ0n) is 8.89. The third kappa shape index (κ3) is 6.13. The third-order valence-corrected chi connectivity index (χ3v) is 3.21. The van der Waals surface area contributed by atoms with E-state index in [2.05, 4.69) is 4.72 Å². The van der Waals surface area contributed by atoms with E-state index in [0.29, 0.717) is 5.25 Å². The quantitative estimate of drug-likeness (QED) is 0.492. The van der Waals surface area contributed by atoms with Crippen LogP contribution in [0.1, 0.15) is 12.8 Å². The highest BCUT2D eigenvalue weighted by Crippen LogP contribution is 2.31. The van der Waals surface area contributed by atoms with Crippen LogP contribution in [0.2, 0.25) is 5.02 Å². The van der Waals surface area contributed by atoms with E-state index in [9.17, 15) is 4.79 Å². The Hall–Kier alpha value is -1.27. The number of phenols is 2. The fraction of sp³-hybridized carbons (Fsp3) is 0.300. The predicted octanol–water partition coefficient (Wildman–Crippen LogP) is 2.22. The number of aromatic hydroxyl groups is 2. The molecule has 0 heterocycles. The Labute approximate surface area is 108 Å². The number of carbonyl (C=O) groups excluding carboxylic acids is 1. The van der Waals surface area contributed by atoms with Crippen molar-refractivity contribution in [2.24, 2.45) is 5.73 Å². The molecule has 1 aromatic carbocycles. The molecule has 0 aliphatic heterocycles. The van der Waals surface area contributed by atoms with Crippen molar-refractivity contribution in [3.05, 3.63) is 23.2 Å². The number of hydrogen-bond acceptors (Lipinski definition) is 4. The highest BCUT2D eigenvalue weighted by atomic mass is 35.5. The standard InChI is InChI=1S/C6H5ClO2.C4H8N2OS/c7-5-3-4(8)1-2-6(5)9;5-4(7)6-8-3-1-2-3/h1-3,8-9H;3H,1-2H2,(H3,5,6,7). The number of halogens is 1. The molecule has 0 spiro atoms. The van der Waals surface area contributed by atoms with Gasteiger partial charge in [0.25, 0.3) is 0 Å². The molecular weight excluding hydrogens is 264 g/mol. The average Bonchev–Trinajstić information content (AvgIpc) is 3.06.